The van der Waals surface area contributed by atoms with E-state index in [-0.39, 0.29) is 0 Å². The fraction of sp³-hybridized carbons (Fsp3) is 0.500. The zero-order valence-electron chi connectivity index (χ0n) is 16.4. The Hall–Kier alpha value is -1.89. The van der Waals surface area contributed by atoms with Crippen molar-refractivity contribution in [1.29, 1.82) is 0 Å². The highest BCUT2D eigenvalue weighted by Crippen LogP contribution is 2.28. The maximum atomic E-state index is 13.7. The molecule has 1 aromatic heterocycles. The van der Waals surface area contributed by atoms with Crippen LogP contribution in [0, 0.1) is 11.6 Å². The molecule has 2 saturated heterocycles. The van der Waals surface area contributed by atoms with Gasteiger partial charge < -0.3 is 4.90 Å². The first-order valence-corrected chi connectivity index (χ1v) is 10.1. The summed E-state index contributed by atoms with van der Waals surface area (Å²) >= 11 is 0. The van der Waals surface area contributed by atoms with E-state index in [1.807, 2.05) is 12.3 Å². The minimum atomic E-state index is -0.785. The molecule has 0 aliphatic carbocycles. The maximum absolute atomic E-state index is 13.7. The number of aromatic nitrogens is 1. The molecule has 4 rings (SSSR count). The van der Waals surface area contributed by atoms with E-state index >= 15 is 0 Å². The van der Waals surface area contributed by atoms with Crippen molar-refractivity contribution in [1.82, 2.24) is 19.7 Å². The first-order chi connectivity index (χ1) is 13.6. The second kappa shape index (κ2) is 8.64. The molecule has 2 fully saturated rings. The lowest BCUT2D eigenvalue weighted by Gasteiger charge is -2.40. The molecule has 0 saturated carbocycles. The SMILES string of the molecule is CN1CCN([C@@H]2CCN(Cc3ccc(F)c(F)c3)[C@H]2Cc2cccnc2)CC1. The molecule has 2 aliphatic heterocycles. The molecule has 150 valence electrons. The lowest BCUT2D eigenvalue weighted by atomic mass is 9.98. The van der Waals surface area contributed by atoms with Crippen molar-refractivity contribution in [3.63, 3.8) is 0 Å². The van der Waals surface area contributed by atoms with Crippen LogP contribution in [0.15, 0.2) is 42.7 Å². The maximum Gasteiger partial charge on any atom is 0.159 e. The summed E-state index contributed by atoms with van der Waals surface area (Å²) < 4.78 is 27.0. The van der Waals surface area contributed by atoms with Gasteiger partial charge in [-0.25, -0.2) is 8.78 Å². The highest BCUT2D eigenvalue weighted by Gasteiger charge is 2.38. The van der Waals surface area contributed by atoms with Gasteiger partial charge in [0.1, 0.15) is 0 Å². The quantitative estimate of drug-likeness (QED) is 0.788. The summed E-state index contributed by atoms with van der Waals surface area (Å²) in [5.74, 6) is -1.55. The zero-order chi connectivity index (χ0) is 19.5. The van der Waals surface area contributed by atoms with Crippen LogP contribution in [0.4, 0.5) is 8.78 Å². The normalized spacial score (nSPS) is 24.7. The number of halogens is 2. The molecular formula is C22H28F2N4. The van der Waals surface area contributed by atoms with E-state index in [1.165, 1.54) is 17.7 Å². The van der Waals surface area contributed by atoms with Crippen LogP contribution in [0.2, 0.25) is 0 Å². The molecule has 2 aliphatic rings. The molecular weight excluding hydrogens is 358 g/mol. The molecule has 2 aromatic rings. The van der Waals surface area contributed by atoms with E-state index in [0.29, 0.717) is 18.6 Å². The number of hydrogen-bond acceptors (Lipinski definition) is 4. The second-order valence-corrected chi connectivity index (χ2v) is 8.05. The third-order valence-electron chi connectivity index (χ3n) is 6.17. The van der Waals surface area contributed by atoms with Gasteiger partial charge in [0, 0.05) is 63.7 Å². The third kappa shape index (κ3) is 4.40. The molecule has 28 heavy (non-hydrogen) atoms. The van der Waals surface area contributed by atoms with Crippen molar-refractivity contribution in [2.45, 2.75) is 31.5 Å². The summed E-state index contributed by atoms with van der Waals surface area (Å²) in [6, 6.07) is 9.20. The first-order valence-electron chi connectivity index (χ1n) is 10.1. The van der Waals surface area contributed by atoms with Gasteiger partial charge >= 0.3 is 0 Å². The van der Waals surface area contributed by atoms with Crippen LogP contribution in [0.1, 0.15) is 17.5 Å². The predicted octanol–water partition coefficient (Wildman–Crippen LogP) is 2.79. The number of likely N-dealkylation sites (tertiary alicyclic amines) is 1. The summed E-state index contributed by atoms with van der Waals surface area (Å²) in [4.78, 5) is 11.7. The minimum Gasteiger partial charge on any atom is -0.304 e. The highest BCUT2D eigenvalue weighted by atomic mass is 19.2. The van der Waals surface area contributed by atoms with Crippen LogP contribution < -0.4 is 0 Å². The van der Waals surface area contributed by atoms with Crippen LogP contribution in [0.25, 0.3) is 0 Å². The number of nitrogens with zero attached hydrogens (tertiary/aromatic N) is 4. The summed E-state index contributed by atoms with van der Waals surface area (Å²) in [6.07, 6.45) is 5.77. The van der Waals surface area contributed by atoms with E-state index in [1.54, 1.807) is 12.3 Å². The zero-order valence-corrected chi connectivity index (χ0v) is 16.4. The van der Waals surface area contributed by atoms with Gasteiger partial charge in [-0.2, -0.15) is 0 Å². The van der Waals surface area contributed by atoms with Gasteiger partial charge in [-0.3, -0.25) is 14.8 Å². The van der Waals surface area contributed by atoms with Gasteiger partial charge in [-0.15, -0.1) is 0 Å². The summed E-state index contributed by atoms with van der Waals surface area (Å²) in [5.41, 5.74) is 2.05. The van der Waals surface area contributed by atoms with Crippen LogP contribution in [-0.2, 0) is 13.0 Å². The van der Waals surface area contributed by atoms with E-state index in [0.717, 1.165) is 51.1 Å². The average Bonchev–Trinajstić information content (AvgIpc) is 3.08. The summed E-state index contributed by atoms with van der Waals surface area (Å²) in [5, 5.41) is 0. The third-order valence-corrected chi connectivity index (χ3v) is 6.17. The monoisotopic (exact) mass is 386 g/mol. The molecule has 0 amide bonds. The number of pyridine rings is 1. The van der Waals surface area contributed by atoms with Gasteiger partial charge in [0.05, 0.1) is 0 Å². The number of piperazine rings is 1. The molecule has 0 N–H and O–H groups in total. The molecule has 3 heterocycles. The van der Waals surface area contributed by atoms with E-state index < -0.39 is 11.6 Å². The average molecular weight is 386 g/mol. The standard InChI is InChI=1S/C22H28F2N4/c1-26-9-11-27(12-10-26)21-6-8-28(16-18-4-5-19(23)20(24)13-18)22(21)14-17-3-2-7-25-15-17/h2-5,7,13,15,21-22H,6,8-12,14,16H2,1H3/t21-,22+/m1/s1. The number of benzene rings is 1. The van der Waals surface area contributed by atoms with Crippen LogP contribution in [-0.4, -0.2) is 71.5 Å². The van der Waals surface area contributed by atoms with Gasteiger partial charge in [0.15, 0.2) is 11.6 Å². The lowest BCUT2D eigenvalue weighted by molar-refractivity contribution is 0.0850. The van der Waals surface area contributed by atoms with Crippen molar-refractivity contribution in [3.8, 4) is 0 Å². The van der Waals surface area contributed by atoms with Gasteiger partial charge in [-0.05, 0) is 49.2 Å². The van der Waals surface area contributed by atoms with Crippen molar-refractivity contribution in [3.05, 3.63) is 65.5 Å². The fourth-order valence-electron chi connectivity index (χ4n) is 4.57. The number of rotatable bonds is 5. The van der Waals surface area contributed by atoms with Gasteiger partial charge in [0.2, 0.25) is 0 Å². The van der Waals surface area contributed by atoms with E-state index in [9.17, 15) is 8.78 Å². The lowest BCUT2D eigenvalue weighted by Crippen LogP contribution is -2.53. The molecule has 6 heteroatoms. The Kier molecular flexibility index (Phi) is 5.99. The smallest absolute Gasteiger partial charge is 0.159 e. The molecule has 0 bridgehead atoms. The van der Waals surface area contributed by atoms with Crippen molar-refractivity contribution < 1.29 is 8.78 Å². The Morgan fingerprint density at radius 3 is 2.54 bits per heavy atom. The number of hydrogen-bond donors (Lipinski definition) is 0. The number of likely N-dealkylation sites (N-methyl/N-ethyl adjacent to an activating group) is 1. The van der Waals surface area contributed by atoms with Crippen molar-refractivity contribution in [2.24, 2.45) is 0 Å². The molecule has 0 unspecified atom stereocenters. The van der Waals surface area contributed by atoms with Crippen LogP contribution >= 0.6 is 0 Å². The van der Waals surface area contributed by atoms with Gasteiger partial charge in [0.25, 0.3) is 0 Å². The summed E-state index contributed by atoms with van der Waals surface area (Å²) in [6.45, 7) is 5.99. The minimum absolute atomic E-state index is 0.348. The topological polar surface area (TPSA) is 22.6 Å². The molecule has 0 spiro atoms. The van der Waals surface area contributed by atoms with Crippen molar-refractivity contribution >= 4 is 0 Å². The largest absolute Gasteiger partial charge is 0.304 e. The van der Waals surface area contributed by atoms with E-state index in [2.05, 4.69) is 32.8 Å². The highest BCUT2D eigenvalue weighted by molar-refractivity contribution is 5.19. The fourth-order valence-corrected chi connectivity index (χ4v) is 4.57. The van der Waals surface area contributed by atoms with Gasteiger partial charge in [-0.1, -0.05) is 12.1 Å². The second-order valence-electron chi connectivity index (χ2n) is 8.05. The molecule has 1 aromatic carbocycles. The van der Waals surface area contributed by atoms with Crippen LogP contribution in [0.5, 0.6) is 0 Å². The Morgan fingerprint density at radius 2 is 1.82 bits per heavy atom. The molecule has 0 radical (unpaired) electrons. The Bertz CT molecular complexity index is 777. The first kappa shape index (κ1) is 19.4. The van der Waals surface area contributed by atoms with Crippen LogP contribution in [0.3, 0.4) is 0 Å². The molecule has 2 atom stereocenters. The summed E-state index contributed by atoms with van der Waals surface area (Å²) in [7, 11) is 2.18. The Balaban J connectivity index is 1.53. The van der Waals surface area contributed by atoms with Crippen molar-refractivity contribution in [2.75, 3.05) is 39.8 Å². The Labute approximate surface area is 165 Å². The molecule has 4 nitrogen and oxygen atoms in total. The van der Waals surface area contributed by atoms with E-state index in [4.69, 9.17) is 0 Å². The predicted molar refractivity (Wildman–Crippen MR) is 106 cm³/mol. The Morgan fingerprint density at radius 1 is 1.00 bits per heavy atom.